The fraction of sp³-hybridized carbons (Fsp3) is 0.333. The van der Waals surface area contributed by atoms with Gasteiger partial charge in [-0.15, -0.1) is 0 Å². The number of carbonyl (C=O) groups excluding carboxylic acids is 2. The van der Waals surface area contributed by atoms with Gasteiger partial charge in [-0.2, -0.15) is 0 Å². The Labute approximate surface area is 195 Å². The summed E-state index contributed by atoms with van der Waals surface area (Å²) in [7, 11) is 3.12. The zero-order chi connectivity index (χ0) is 22.8. The van der Waals surface area contributed by atoms with E-state index in [1.54, 1.807) is 38.6 Å². The van der Waals surface area contributed by atoms with Crippen molar-refractivity contribution in [3.63, 3.8) is 0 Å². The molecular weight excluding hydrogens is 474 g/mol. The minimum atomic E-state index is -0.692. The maximum Gasteiger partial charge on any atom is 0.235 e. The summed E-state index contributed by atoms with van der Waals surface area (Å²) >= 11 is 3.35. The number of nitrogens with zero attached hydrogens (tertiary/aromatic N) is 2. The number of ether oxygens (including phenoxy) is 2. The number of methoxy groups -OCH3 is 2. The van der Waals surface area contributed by atoms with Crippen LogP contribution in [0.2, 0.25) is 0 Å². The van der Waals surface area contributed by atoms with Crippen LogP contribution in [0.1, 0.15) is 37.7 Å². The van der Waals surface area contributed by atoms with Gasteiger partial charge >= 0.3 is 0 Å². The number of pyridine rings is 1. The third-order valence-electron chi connectivity index (χ3n) is 5.86. The van der Waals surface area contributed by atoms with E-state index >= 15 is 0 Å². The summed E-state index contributed by atoms with van der Waals surface area (Å²) in [6.07, 6.45) is 3.53. The zero-order valence-corrected chi connectivity index (χ0v) is 19.7. The van der Waals surface area contributed by atoms with Crippen LogP contribution in [-0.2, 0) is 9.59 Å². The second kappa shape index (κ2) is 9.24. The van der Waals surface area contributed by atoms with Gasteiger partial charge in [0.05, 0.1) is 20.1 Å². The number of carbonyl (C=O) groups is 2. The lowest BCUT2D eigenvalue weighted by molar-refractivity contribution is -0.119. The molecule has 1 aliphatic heterocycles. The predicted molar refractivity (Wildman–Crippen MR) is 125 cm³/mol. The van der Waals surface area contributed by atoms with E-state index in [0.29, 0.717) is 41.4 Å². The molecular formula is C24H24BrN3O4. The third-order valence-corrected chi connectivity index (χ3v) is 6.33. The number of rotatable bonds is 5. The number of anilines is 1. The molecule has 0 spiro atoms. The Kier molecular flexibility index (Phi) is 6.41. The number of benzene rings is 1. The van der Waals surface area contributed by atoms with Gasteiger partial charge in [0, 0.05) is 45.6 Å². The maximum atomic E-state index is 13.5. The third kappa shape index (κ3) is 4.07. The lowest BCUT2D eigenvalue weighted by Gasteiger charge is -2.35. The summed E-state index contributed by atoms with van der Waals surface area (Å²) in [6, 6.07) is 9.05. The van der Waals surface area contributed by atoms with E-state index in [1.807, 2.05) is 19.1 Å². The molecule has 1 aliphatic carbocycles. The zero-order valence-electron chi connectivity index (χ0n) is 18.1. The Morgan fingerprint density at radius 1 is 1.16 bits per heavy atom. The van der Waals surface area contributed by atoms with Gasteiger partial charge in [-0.3, -0.25) is 14.6 Å². The molecule has 1 unspecified atom stereocenters. The van der Waals surface area contributed by atoms with E-state index < -0.39 is 11.8 Å². The van der Waals surface area contributed by atoms with Gasteiger partial charge in [0.1, 0.15) is 5.82 Å². The number of nitrogens with one attached hydrogen (secondary N) is 1. The molecule has 2 heterocycles. The summed E-state index contributed by atoms with van der Waals surface area (Å²) in [4.78, 5) is 35.6. The molecule has 1 N–H and O–H groups in total. The highest BCUT2D eigenvalue weighted by Crippen LogP contribution is 2.48. The number of aliphatic imine (C=N–C) groups is 1. The average molecular weight is 498 g/mol. The minimum absolute atomic E-state index is 0.0249. The maximum absolute atomic E-state index is 13.5. The Balaban J connectivity index is 1.84. The van der Waals surface area contributed by atoms with Crippen molar-refractivity contribution in [1.29, 1.82) is 0 Å². The second-order valence-corrected chi connectivity index (χ2v) is 8.69. The predicted octanol–water partition coefficient (Wildman–Crippen LogP) is 4.68. The molecule has 1 amide bonds. The van der Waals surface area contributed by atoms with Gasteiger partial charge in [-0.25, -0.2) is 4.98 Å². The van der Waals surface area contributed by atoms with Crippen molar-refractivity contribution >= 4 is 39.1 Å². The summed E-state index contributed by atoms with van der Waals surface area (Å²) in [5.41, 5.74) is 2.74. The Hall–Kier alpha value is -3.00. The first-order valence-corrected chi connectivity index (χ1v) is 11.2. The molecule has 2 aromatic rings. The van der Waals surface area contributed by atoms with Crippen LogP contribution in [0, 0.1) is 5.92 Å². The van der Waals surface area contributed by atoms with Crippen LogP contribution in [-0.4, -0.2) is 36.6 Å². The lowest BCUT2D eigenvalue weighted by Crippen LogP contribution is -2.39. The highest BCUT2D eigenvalue weighted by molar-refractivity contribution is 9.10. The molecule has 8 heteroatoms. The molecule has 0 bridgehead atoms. The number of Topliss-reactive ketones (excluding diaryl/α,β-unsaturated/α-hetero) is 1. The highest BCUT2D eigenvalue weighted by atomic mass is 79.9. The fourth-order valence-electron chi connectivity index (χ4n) is 4.49. The first-order chi connectivity index (χ1) is 15.4. The molecule has 1 aromatic carbocycles. The van der Waals surface area contributed by atoms with Gasteiger partial charge in [0.15, 0.2) is 17.3 Å². The van der Waals surface area contributed by atoms with Gasteiger partial charge < -0.3 is 14.8 Å². The number of hydrogen-bond donors (Lipinski definition) is 1. The molecule has 0 saturated carbocycles. The van der Waals surface area contributed by atoms with E-state index in [-0.39, 0.29) is 11.7 Å². The Bertz CT molecular complexity index is 1120. The summed E-state index contributed by atoms with van der Waals surface area (Å²) < 4.78 is 12.0. The van der Waals surface area contributed by atoms with Gasteiger partial charge in [-0.05, 0) is 53.9 Å². The van der Waals surface area contributed by atoms with Gasteiger partial charge in [-0.1, -0.05) is 12.1 Å². The SMILES string of the molecule is COc1cccc([C@H]2C3=C(CCCC3=O)N=C(C)C2C(=O)Nc2ccc(Br)cn2)c1OC. The number of para-hydroxylation sites is 1. The largest absolute Gasteiger partial charge is 0.493 e. The first-order valence-electron chi connectivity index (χ1n) is 10.4. The lowest BCUT2D eigenvalue weighted by atomic mass is 9.71. The second-order valence-electron chi connectivity index (χ2n) is 7.78. The molecule has 166 valence electrons. The van der Waals surface area contributed by atoms with Gasteiger partial charge in [0.2, 0.25) is 5.91 Å². The summed E-state index contributed by atoms with van der Waals surface area (Å²) in [6.45, 7) is 1.84. The fourth-order valence-corrected chi connectivity index (χ4v) is 4.73. The number of halogens is 1. The van der Waals surface area contributed by atoms with Crippen molar-refractivity contribution in [3.8, 4) is 11.5 Å². The van der Waals surface area contributed by atoms with Crippen LogP contribution in [0.25, 0.3) is 0 Å². The number of allylic oxidation sites excluding steroid dienone is 2. The van der Waals surface area contributed by atoms with Crippen LogP contribution in [0.3, 0.4) is 0 Å². The number of ketones is 1. The molecule has 0 saturated heterocycles. The number of hydrogen-bond acceptors (Lipinski definition) is 6. The van der Waals surface area contributed by atoms with E-state index in [9.17, 15) is 9.59 Å². The first kappa shape index (κ1) is 22.2. The molecule has 0 fully saturated rings. The standard InChI is InChI=1S/C24H24BrN3O4/c1-13-20(24(30)28-19-11-10-14(25)12-26-19)21(22-16(27-13)7-5-8-17(22)29)15-6-4-9-18(31-2)23(15)32-3/h4,6,9-12,20-21H,5,7-8H2,1-3H3,(H,26,28,30)/t20?,21-/m1/s1. The highest BCUT2D eigenvalue weighted by Gasteiger charge is 2.43. The van der Waals surface area contributed by atoms with Crippen molar-refractivity contribution in [1.82, 2.24) is 4.98 Å². The molecule has 32 heavy (non-hydrogen) atoms. The van der Waals surface area contributed by atoms with Crippen molar-refractivity contribution in [2.75, 3.05) is 19.5 Å². The van der Waals surface area contributed by atoms with Crippen molar-refractivity contribution in [2.45, 2.75) is 32.1 Å². The van der Waals surface area contributed by atoms with E-state index in [1.165, 1.54) is 0 Å². The molecule has 2 atom stereocenters. The van der Waals surface area contributed by atoms with Crippen molar-refractivity contribution in [2.24, 2.45) is 10.9 Å². The summed E-state index contributed by atoms with van der Waals surface area (Å²) in [5, 5.41) is 2.89. The smallest absolute Gasteiger partial charge is 0.235 e. The number of amides is 1. The molecule has 4 rings (SSSR count). The van der Waals surface area contributed by atoms with Crippen LogP contribution in [0.4, 0.5) is 5.82 Å². The normalized spacial score (nSPS) is 20.4. The number of aromatic nitrogens is 1. The van der Waals surface area contributed by atoms with Crippen LogP contribution in [0.15, 0.2) is 57.3 Å². The average Bonchev–Trinajstić information content (AvgIpc) is 2.79. The molecule has 7 nitrogen and oxygen atoms in total. The van der Waals surface area contributed by atoms with E-state index in [4.69, 9.17) is 14.5 Å². The monoisotopic (exact) mass is 497 g/mol. The summed E-state index contributed by atoms with van der Waals surface area (Å²) in [5.74, 6) is 0.0109. The van der Waals surface area contributed by atoms with Crippen LogP contribution < -0.4 is 14.8 Å². The van der Waals surface area contributed by atoms with Gasteiger partial charge in [0.25, 0.3) is 0 Å². The quantitative estimate of drug-likeness (QED) is 0.647. The molecule has 1 aromatic heterocycles. The van der Waals surface area contributed by atoms with Crippen molar-refractivity contribution in [3.05, 3.63) is 57.8 Å². The molecule has 2 aliphatic rings. The van der Waals surface area contributed by atoms with E-state index in [0.717, 1.165) is 22.2 Å². The van der Waals surface area contributed by atoms with Crippen molar-refractivity contribution < 1.29 is 19.1 Å². The molecule has 0 radical (unpaired) electrons. The van der Waals surface area contributed by atoms with Crippen LogP contribution in [0.5, 0.6) is 11.5 Å². The topological polar surface area (TPSA) is 89.9 Å². The van der Waals surface area contributed by atoms with Crippen LogP contribution >= 0.6 is 15.9 Å². The Morgan fingerprint density at radius 3 is 2.66 bits per heavy atom. The Morgan fingerprint density at radius 2 is 1.97 bits per heavy atom. The minimum Gasteiger partial charge on any atom is -0.493 e. The van der Waals surface area contributed by atoms with E-state index in [2.05, 4.69) is 26.2 Å².